The van der Waals surface area contributed by atoms with E-state index in [-0.39, 0.29) is 5.82 Å². The summed E-state index contributed by atoms with van der Waals surface area (Å²) in [6.07, 6.45) is 2.52. The topological polar surface area (TPSA) is 30.8 Å². The molecule has 0 saturated heterocycles. The smallest absolute Gasteiger partial charge is 0.243 e. The average Bonchev–Trinajstić information content (AvgIpc) is 2.32. The molecular weight excluding hydrogens is 209 g/mol. The minimum atomic E-state index is -0.513. The lowest BCUT2D eigenvalue weighted by Gasteiger charge is -2.20. The van der Waals surface area contributed by atoms with Gasteiger partial charge in [0.2, 0.25) is 6.29 Å². The SMILES string of the molecule is CCOC1OC=CN=C1c1ccc(F)cc1. The molecule has 0 spiro atoms. The van der Waals surface area contributed by atoms with Crippen LogP contribution in [0.25, 0.3) is 0 Å². The lowest BCUT2D eigenvalue weighted by Crippen LogP contribution is -2.28. The number of nitrogens with zero attached hydrogens (tertiary/aromatic N) is 1. The second-order valence-electron chi connectivity index (χ2n) is 3.23. The number of hydrogen-bond acceptors (Lipinski definition) is 3. The molecule has 3 nitrogen and oxygen atoms in total. The molecule has 0 amide bonds. The summed E-state index contributed by atoms with van der Waals surface area (Å²) in [6.45, 7) is 2.41. The van der Waals surface area contributed by atoms with E-state index in [0.29, 0.717) is 12.3 Å². The molecule has 1 heterocycles. The molecule has 1 aliphatic heterocycles. The monoisotopic (exact) mass is 221 g/mol. The van der Waals surface area contributed by atoms with Gasteiger partial charge in [-0.3, -0.25) is 4.99 Å². The molecule has 1 aliphatic rings. The maximum Gasteiger partial charge on any atom is 0.243 e. The summed E-state index contributed by atoms with van der Waals surface area (Å²) in [5, 5.41) is 0. The number of ether oxygens (including phenoxy) is 2. The Bertz CT molecular complexity index is 412. The van der Waals surface area contributed by atoms with Gasteiger partial charge >= 0.3 is 0 Å². The Labute approximate surface area is 93.2 Å². The van der Waals surface area contributed by atoms with Crippen LogP contribution >= 0.6 is 0 Å². The summed E-state index contributed by atoms with van der Waals surface area (Å²) in [7, 11) is 0. The summed E-state index contributed by atoms with van der Waals surface area (Å²) < 4.78 is 23.5. The van der Waals surface area contributed by atoms with Crippen LogP contribution in [0.5, 0.6) is 0 Å². The van der Waals surface area contributed by atoms with Gasteiger partial charge in [0.1, 0.15) is 17.8 Å². The first-order valence-corrected chi connectivity index (χ1v) is 5.07. The molecule has 0 aromatic heterocycles. The van der Waals surface area contributed by atoms with Gasteiger partial charge in [-0.1, -0.05) is 12.1 Å². The highest BCUT2D eigenvalue weighted by atomic mass is 19.1. The van der Waals surface area contributed by atoms with Crippen LogP contribution in [-0.2, 0) is 9.47 Å². The van der Waals surface area contributed by atoms with E-state index in [1.807, 2.05) is 6.92 Å². The molecule has 0 bridgehead atoms. The van der Waals surface area contributed by atoms with E-state index in [1.54, 1.807) is 18.3 Å². The number of benzene rings is 1. The third kappa shape index (κ3) is 2.28. The zero-order valence-electron chi connectivity index (χ0n) is 8.89. The fourth-order valence-electron chi connectivity index (χ4n) is 1.44. The van der Waals surface area contributed by atoms with Crippen molar-refractivity contribution in [2.45, 2.75) is 13.2 Å². The second-order valence-corrected chi connectivity index (χ2v) is 3.23. The highest BCUT2D eigenvalue weighted by Crippen LogP contribution is 2.14. The highest BCUT2D eigenvalue weighted by molar-refractivity contribution is 6.03. The van der Waals surface area contributed by atoms with Crippen LogP contribution in [0.4, 0.5) is 4.39 Å². The predicted molar refractivity (Wildman–Crippen MR) is 58.6 cm³/mol. The fraction of sp³-hybridized carbons (Fsp3) is 0.250. The molecule has 2 rings (SSSR count). The predicted octanol–water partition coefficient (Wildman–Crippen LogP) is 2.48. The van der Waals surface area contributed by atoms with Crippen LogP contribution in [0.1, 0.15) is 12.5 Å². The molecule has 1 aromatic carbocycles. The van der Waals surface area contributed by atoms with Crippen molar-refractivity contribution in [1.29, 1.82) is 0 Å². The van der Waals surface area contributed by atoms with Crippen LogP contribution in [0.3, 0.4) is 0 Å². The van der Waals surface area contributed by atoms with Crippen LogP contribution in [0.15, 0.2) is 41.7 Å². The van der Waals surface area contributed by atoms with Crippen molar-refractivity contribution >= 4 is 5.71 Å². The maximum atomic E-state index is 12.8. The summed E-state index contributed by atoms with van der Waals surface area (Å²) >= 11 is 0. The van der Waals surface area contributed by atoms with Crippen LogP contribution in [0, 0.1) is 5.82 Å². The van der Waals surface area contributed by atoms with Crippen molar-refractivity contribution in [3.05, 3.63) is 48.1 Å². The molecule has 0 radical (unpaired) electrons. The van der Waals surface area contributed by atoms with Gasteiger partial charge in [-0.05, 0) is 19.1 Å². The van der Waals surface area contributed by atoms with Crippen molar-refractivity contribution in [3.8, 4) is 0 Å². The summed E-state index contributed by atoms with van der Waals surface area (Å²) in [6, 6.07) is 6.09. The molecule has 0 aliphatic carbocycles. The molecule has 84 valence electrons. The van der Waals surface area contributed by atoms with Gasteiger partial charge in [0.15, 0.2) is 0 Å². The van der Waals surface area contributed by atoms with Gasteiger partial charge in [-0.2, -0.15) is 0 Å². The van der Waals surface area contributed by atoms with Gasteiger partial charge in [0.05, 0.1) is 6.20 Å². The molecule has 16 heavy (non-hydrogen) atoms. The van der Waals surface area contributed by atoms with Crippen LogP contribution in [-0.4, -0.2) is 18.6 Å². The molecule has 0 fully saturated rings. The number of hydrogen-bond donors (Lipinski definition) is 0. The minimum absolute atomic E-state index is 0.274. The lowest BCUT2D eigenvalue weighted by atomic mass is 10.1. The van der Waals surface area contributed by atoms with Gasteiger partial charge in [0.25, 0.3) is 0 Å². The normalized spacial score (nSPS) is 19.1. The van der Waals surface area contributed by atoms with E-state index in [2.05, 4.69) is 4.99 Å². The Morgan fingerprint density at radius 3 is 2.81 bits per heavy atom. The molecule has 1 atom stereocenters. The number of aliphatic imine (C=N–C) groups is 1. The zero-order chi connectivity index (χ0) is 11.4. The molecule has 4 heteroatoms. The Balaban J connectivity index is 2.26. The van der Waals surface area contributed by atoms with Crippen molar-refractivity contribution in [1.82, 2.24) is 0 Å². The third-order valence-electron chi connectivity index (χ3n) is 2.16. The molecule has 0 N–H and O–H groups in total. The zero-order valence-corrected chi connectivity index (χ0v) is 8.89. The molecule has 1 aromatic rings. The first kappa shape index (κ1) is 10.8. The summed E-state index contributed by atoms with van der Waals surface area (Å²) in [5.74, 6) is -0.274. The largest absolute Gasteiger partial charge is 0.465 e. The van der Waals surface area contributed by atoms with Crippen molar-refractivity contribution < 1.29 is 13.9 Å². The van der Waals surface area contributed by atoms with E-state index in [4.69, 9.17) is 9.47 Å². The first-order chi connectivity index (χ1) is 7.81. The van der Waals surface area contributed by atoms with Gasteiger partial charge in [-0.15, -0.1) is 0 Å². The fourth-order valence-corrected chi connectivity index (χ4v) is 1.44. The van der Waals surface area contributed by atoms with Crippen molar-refractivity contribution in [2.75, 3.05) is 6.61 Å². The molecule has 1 unspecified atom stereocenters. The average molecular weight is 221 g/mol. The van der Waals surface area contributed by atoms with Crippen molar-refractivity contribution in [2.24, 2.45) is 4.99 Å². The lowest BCUT2D eigenvalue weighted by molar-refractivity contribution is -0.0547. The van der Waals surface area contributed by atoms with E-state index in [0.717, 1.165) is 5.56 Å². The van der Waals surface area contributed by atoms with E-state index < -0.39 is 6.29 Å². The Hall–Kier alpha value is -1.68. The standard InChI is InChI=1S/C12H12FNO2/c1-2-15-12-11(14-7-8-16-12)9-3-5-10(13)6-4-9/h3-8,12H,2H2,1H3. The summed E-state index contributed by atoms with van der Waals surface area (Å²) in [4.78, 5) is 4.19. The Morgan fingerprint density at radius 2 is 2.12 bits per heavy atom. The van der Waals surface area contributed by atoms with Gasteiger partial charge in [0, 0.05) is 12.2 Å². The van der Waals surface area contributed by atoms with Crippen molar-refractivity contribution in [3.63, 3.8) is 0 Å². The minimum Gasteiger partial charge on any atom is -0.465 e. The number of halogens is 1. The Morgan fingerprint density at radius 1 is 1.38 bits per heavy atom. The van der Waals surface area contributed by atoms with Gasteiger partial charge < -0.3 is 9.47 Å². The van der Waals surface area contributed by atoms with Crippen LogP contribution in [0.2, 0.25) is 0 Å². The quantitative estimate of drug-likeness (QED) is 0.785. The molecule has 0 saturated carbocycles. The Kier molecular flexibility index (Phi) is 3.31. The third-order valence-corrected chi connectivity index (χ3v) is 2.16. The van der Waals surface area contributed by atoms with Crippen LogP contribution < -0.4 is 0 Å². The molecular formula is C12H12FNO2. The maximum absolute atomic E-state index is 12.8. The van der Waals surface area contributed by atoms with E-state index >= 15 is 0 Å². The second kappa shape index (κ2) is 4.90. The summed E-state index contributed by atoms with van der Waals surface area (Å²) in [5.41, 5.74) is 1.45. The highest BCUT2D eigenvalue weighted by Gasteiger charge is 2.20. The van der Waals surface area contributed by atoms with E-state index in [9.17, 15) is 4.39 Å². The first-order valence-electron chi connectivity index (χ1n) is 5.07. The van der Waals surface area contributed by atoms with Gasteiger partial charge in [-0.25, -0.2) is 4.39 Å². The number of rotatable bonds is 3. The van der Waals surface area contributed by atoms with E-state index in [1.165, 1.54) is 18.4 Å².